The molecular formula is C21H33N7O9S. The van der Waals surface area contributed by atoms with Crippen LogP contribution in [0.1, 0.15) is 32.2 Å². The monoisotopic (exact) mass is 559 g/mol. The van der Waals surface area contributed by atoms with Crippen molar-refractivity contribution in [2.45, 2.75) is 80.1 Å². The van der Waals surface area contributed by atoms with Crippen molar-refractivity contribution in [3.8, 4) is 0 Å². The average molecular weight is 560 g/mol. The molecule has 2 heterocycles. The zero-order valence-corrected chi connectivity index (χ0v) is 21.5. The molecule has 4 rings (SSSR count). The molecule has 2 aliphatic rings. The lowest BCUT2D eigenvalue weighted by molar-refractivity contribution is -0.0629. The van der Waals surface area contributed by atoms with E-state index in [0.29, 0.717) is 5.75 Å². The van der Waals surface area contributed by atoms with E-state index in [1.54, 1.807) is 0 Å². The number of fused-ring (bicyclic) bond motifs is 1. The molecule has 0 aromatic carbocycles. The summed E-state index contributed by atoms with van der Waals surface area (Å²) >= 11 is 1.31. The smallest absolute Gasteiger partial charge is 0.191 e. The second-order valence-electron chi connectivity index (χ2n) is 9.14. The van der Waals surface area contributed by atoms with E-state index >= 15 is 0 Å². The first kappa shape index (κ1) is 28.9. The van der Waals surface area contributed by atoms with E-state index in [1.165, 1.54) is 16.4 Å². The Labute approximate surface area is 221 Å². The first-order valence-electron chi connectivity index (χ1n) is 12.4. The number of nitroso groups, excluding NO2 is 1. The molecule has 0 amide bonds. The number of aliphatic hydroxyl groups is 6. The Hall–Kier alpha value is -2.09. The quantitative estimate of drug-likeness (QED) is 0.0683. The Kier molecular flexibility index (Phi) is 9.77. The fraction of sp³-hybridized carbons (Fsp3) is 0.810. The van der Waals surface area contributed by atoms with Gasteiger partial charge >= 0.3 is 0 Å². The van der Waals surface area contributed by atoms with Gasteiger partial charge in [0.05, 0.1) is 56.0 Å². The molecule has 2 saturated carbocycles. The molecule has 0 saturated heterocycles. The van der Waals surface area contributed by atoms with Crippen molar-refractivity contribution in [1.82, 2.24) is 25.0 Å². The first-order chi connectivity index (χ1) is 18.4. The predicted octanol–water partition coefficient (Wildman–Crippen LogP) is -1.87. The van der Waals surface area contributed by atoms with Crippen molar-refractivity contribution in [1.29, 1.82) is 0 Å². The van der Waals surface area contributed by atoms with E-state index in [-0.39, 0.29) is 61.4 Å². The van der Waals surface area contributed by atoms with Crippen molar-refractivity contribution < 1.29 is 40.1 Å². The molecule has 212 valence electrons. The third-order valence-corrected chi connectivity index (χ3v) is 7.75. The third-order valence-electron chi connectivity index (χ3n) is 6.70. The number of hydrogen-bond acceptors (Lipinski definition) is 15. The summed E-state index contributed by atoms with van der Waals surface area (Å²) in [7, 11) is 0. The van der Waals surface area contributed by atoms with Gasteiger partial charge in [0.2, 0.25) is 0 Å². The van der Waals surface area contributed by atoms with Crippen molar-refractivity contribution in [2.75, 3.05) is 37.2 Å². The van der Waals surface area contributed by atoms with Gasteiger partial charge in [-0.3, -0.25) is 0 Å². The summed E-state index contributed by atoms with van der Waals surface area (Å²) in [5.41, 5.74) is 0.232. The number of aromatic nitrogens is 5. The summed E-state index contributed by atoms with van der Waals surface area (Å²) in [5, 5.41) is 73.0. The molecule has 0 bridgehead atoms. The lowest BCUT2D eigenvalue weighted by Gasteiger charge is -2.24. The molecule has 0 radical (unpaired) electrons. The Morgan fingerprint density at radius 1 is 1.00 bits per heavy atom. The normalized spacial score (nSPS) is 31.3. The largest absolute Gasteiger partial charge is 0.394 e. The maximum atomic E-state index is 12.1. The van der Waals surface area contributed by atoms with E-state index < -0.39 is 48.7 Å². The summed E-state index contributed by atoms with van der Waals surface area (Å²) in [6, 6.07) is -1.80. The van der Waals surface area contributed by atoms with Gasteiger partial charge in [-0.2, -0.15) is 0 Å². The molecular weight excluding hydrogens is 526 g/mol. The van der Waals surface area contributed by atoms with Crippen molar-refractivity contribution in [3.05, 3.63) is 4.91 Å². The zero-order chi connectivity index (χ0) is 27.4. The molecule has 0 spiro atoms. The predicted molar refractivity (Wildman–Crippen MR) is 132 cm³/mol. The topological polar surface area (TPSA) is 229 Å². The second-order valence-corrected chi connectivity index (χ2v) is 10.2. The van der Waals surface area contributed by atoms with Gasteiger partial charge in [0.15, 0.2) is 22.1 Å². The van der Waals surface area contributed by atoms with Crippen LogP contribution in [0.25, 0.3) is 11.2 Å². The zero-order valence-electron chi connectivity index (χ0n) is 20.7. The van der Waals surface area contributed by atoms with Gasteiger partial charge in [-0.05, 0) is 6.42 Å². The highest BCUT2D eigenvalue weighted by Gasteiger charge is 2.48. The average Bonchev–Trinajstić information content (AvgIpc) is 3.55. The molecule has 8 unspecified atom stereocenters. The summed E-state index contributed by atoms with van der Waals surface area (Å²) in [5.74, 6) is 0.611. The summed E-state index contributed by atoms with van der Waals surface area (Å²) in [6.45, 7) is 1.39. The van der Waals surface area contributed by atoms with E-state index in [0.717, 1.165) is 11.4 Å². The fourth-order valence-electron chi connectivity index (χ4n) is 4.85. The molecule has 38 heavy (non-hydrogen) atoms. The van der Waals surface area contributed by atoms with E-state index in [1.807, 2.05) is 6.92 Å². The maximum absolute atomic E-state index is 12.1. The highest BCUT2D eigenvalue weighted by Crippen LogP contribution is 2.37. The standard InChI is InChI=1S/C21H33N7O9S/c1-2-7-38-21-22-19-14(24-25-27(19)10-8-12(36-5-3-29)17(33)15(10)31)20(23-21)28(26-35)11-9-13(37-6-4-30)18(34)16(11)32/h10-13,15-18,29-34H,2-9H2,1H3. The van der Waals surface area contributed by atoms with Crippen molar-refractivity contribution in [2.24, 2.45) is 5.29 Å². The van der Waals surface area contributed by atoms with Gasteiger partial charge in [0.1, 0.15) is 24.4 Å². The van der Waals surface area contributed by atoms with Crippen LogP contribution < -0.4 is 5.01 Å². The van der Waals surface area contributed by atoms with Crippen LogP contribution in [0.15, 0.2) is 10.4 Å². The van der Waals surface area contributed by atoms with Crippen molar-refractivity contribution >= 4 is 28.7 Å². The van der Waals surface area contributed by atoms with Gasteiger partial charge in [-0.25, -0.2) is 19.7 Å². The lowest BCUT2D eigenvalue weighted by atomic mass is 10.2. The number of nitrogens with zero attached hydrogens (tertiary/aromatic N) is 7. The van der Waals surface area contributed by atoms with Gasteiger partial charge in [0, 0.05) is 18.6 Å². The van der Waals surface area contributed by atoms with E-state index in [9.17, 15) is 25.3 Å². The third kappa shape index (κ3) is 5.61. The van der Waals surface area contributed by atoms with Gasteiger partial charge in [0.25, 0.3) is 0 Å². The molecule has 6 N–H and O–H groups in total. The van der Waals surface area contributed by atoms with Crippen LogP contribution in [0.3, 0.4) is 0 Å². The minimum atomic E-state index is -1.42. The van der Waals surface area contributed by atoms with Gasteiger partial charge < -0.3 is 40.1 Å². The molecule has 2 fully saturated rings. The van der Waals surface area contributed by atoms with Crippen LogP contribution in [-0.2, 0) is 9.47 Å². The first-order valence-corrected chi connectivity index (χ1v) is 13.4. The van der Waals surface area contributed by atoms with Crippen LogP contribution in [0, 0.1) is 4.91 Å². The van der Waals surface area contributed by atoms with Crippen LogP contribution >= 0.6 is 11.8 Å². The summed E-state index contributed by atoms with van der Waals surface area (Å²) in [4.78, 5) is 21.1. The highest BCUT2D eigenvalue weighted by molar-refractivity contribution is 7.99. The Morgan fingerprint density at radius 2 is 1.66 bits per heavy atom. The molecule has 0 aliphatic heterocycles. The lowest BCUT2D eigenvalue weighted by Crippen LogP contribution is -2.41. The Morgan fingerprint density at radius 3 is 2.29 bits per heavy atom. The Bertz CT molecular complexity index is 1080. The molecule has 2 aliphatic carbocycles. The molecule has 16 nitrogen and oxygen atoms in total. The number of rotatable bonds is 13. The van der Waals surface area contributed by atoms with Crippen LogP contribution in [-0.4, -0.2) is 130 Å². The maximum Gasteiger partial charge on any atom is 0.191 e. The molecule has 2 aromatic rings. The second kappa shape index (κ2) is 12.8. The SMILES string of the molecule is CCCSc1nc(N(N=O)C2CC(OCCO)C(O)C2O)c2nnn(C3CC(OCCO)C(O)C3O)c2n1. The number of thioether (sulfide) groups is 1. The summed E-state index contributed by atoms with van der Waals surface area (Å²) < 4.78 is 12.2. The number of hydrogen-bond donors (Lipinski definition) is 6. The molecule has 17 heteroatoms. The minimum absolute atomic E-state index is 0.0120. The van der Waals surface area contributed by atoms with Crippen LogP contribution in [0.5, 0.6) is 0 Å². The minimum Gasteiger partial charge on any atom is -0.394 e. The Balaban J connectivity index is 1.72. The van der Waals surface area contributed by atoms with Gasteiger partial charge in [-0.15, -0.1) is 10.0 Å². The van der Waals surface area contributed by atoms with E-state index in [2.05, 4.69) is 25.6 Å². The van der Waals surface area contributed by atoms with Crippen molar-refractivity contribution in [3.63, 3.8) is 0 Å². The number of ether oxygens (including phenoxy) is 2. The van der Waals surface area contributed by atoms with Gasteiger partial charge in [-0.1, -0.05) is 23.9 Å². The summed E-state index contributed by atoms with van der Waals surface area (Å²) in [6.07, 6.45) is -5.88. The number of anilines is 1. The highest BCUT2D eigenvalue weighted by atomic mass is 32.2. The van der Waals surface area contributed by atoms with E-state index in [4.69, 9.17) is 19.7 Å². The van der Waals surface area contributed by atoms with Crippen LogP contribution in [0.2, 0.25) is 0 Å². The van der Waals surface area contributed by atoms with Crippen LogP contribution in [0.4, 0.5) is 5.82 Å². The molecule has 8 atom stereocenters. The fourth-order valence-corrected chi connectivity index (χ4v) is 5.54. The molecule has 2 aromatic heterocycles. The number of aliphatic hydroxyl groups excluding tert-OH is 6.